The van der Waals surface area contributed by atoms with Crippen molar-refractivity contribution in [3.63, 3.8) is 0 Å². The number of nitrogens with one attached hydrogen (secondary N) is 1. The van der Waals surface area contributed by atoms with E-state index in [-0.39, 0.29) is 19.0 Å². The Bertz CT molecular complexity index is 581. The van der Waals surface area contributed by atoms with Crippen LogP contribution in [0.5, 0.6) is 5.75 Å². The summed E-state index contributed by atoms with van der Waals surface area (Å²) >= 11 is 0. The molecular formula is C17H20FNO2. The van der Waals surface area contributed by atoms with E-state index in [1.54, 1.807) is 18.2 Å². The van der Waals surface area contributed by atoms with E-state index in [2.05, 4.69) is 5.32 Å². The van der Waals surface area contributed by atoms with E-state index < -0.39 is 6.10 Å². The molecule has 0 amide bonds. The van der Waals surface area contributed by atoms with Crippen molar-refractivity contribution in [3.8, 4) is 5.75 Å². The van der Waals surface area contributed by atoms with Crippen molar-refractivity contribution >= 4 is 5.69 Å². The van der Waals surface area contributed by atoms with Gasteiger partial charge in [0, 0.05) is 6.54 Å². The maximum atomic E-state index is 13.4. The molecule has 0 saturated carbocycles. The molecule has 0 spiro atoms. The first kappa shape index (κ1) is 15.3. The lowest BCUT2D eigenvalue weighted by molar-refractivity contribution is 0.116. The smallest absolute Gasteiger partial charge is 0.146 e. The monoisotopic (exact) mass is 289 g/mol. The Morgan fingerprint density at radius 3 is 2.43 bits per heavy atom. The van der Waals surface area contributed by atoms with Crippen LogP contribution in [0.3, 0.4) is 0 Å². The van der Waals surface area contributed by atoms with Gasteiger partial charge in [-0.2, -0.15) is 0 Å². The average molecular weight is 289 g/mol. The number of para-hydroxylation sites is 2. The van der Waals surface area contributed by atoms with Gasteiger partial charge in [0.1, 0.15) is 24.3 Å². The summed E-state index contributed by atoms with van der Waals surface area (Å²) in [5.74, 6) is 0.461. The average Bonchev–Trinajstić information content (AvgIpc) is 2.46. The number of benzene rings is 2. The van der Waals surface area contributed by atoms with E-state index in [1.165, 1.54) is 6.07 Å². The van der Waals surface area contributed by atoms with E-state index in [1.807, 2.05) is 32.0 Å². The number of halogens is 1. The number of aliphatic hydroxyl groups is 1. The Balaban J connectivity index is 1.85. The second-order valence-electron chi connectivity index (χ2n) is 5.05. The number of rotatable bonds is 6. The Hall–Kier alpha value is -2.07. The highest BCUT2D eigenvalue weighted by Crippen LogP contribution is 2.22. The molecule has 0 radical (unpaired) electrons. The number of aryl methyl sites for hydroxylation is 2. The minimum Gasteiger partial charge on any atom is -0.490 e. The molecule has 1 unspecified atom stereocenters. The van der Waals surface area contributed by atoms with Gasteiger partial charge in [-0.05, 0) is 37.1 Å². The third kappa shape index (κ3) is 4.20. The SMILES string of the molecule is Cc1cccc(C)c1OCC(O)CNc1ccccc1F. The van der Waals surface area contributed by atoms with Crippen molar-refractivity contribution in [1.29, 1.82) is 0 Å². The van der Waals surface area contributed by atoms with Crippen LogP contribution < -0.4 is 10.1 Å². The third-order valence-electron chi connectivity index (χ3n) is 3.23. The molecule has 2 aromatic rings. The van der Waals surface area contributed by atoms with Crippen molar-refractivity contribution < 1.29 is 14.2 Å². The molecule has 0 bridgehead atoms. The van der Waals surface area contributed by atoms with Crippen LogP contribution in [0.2, 0.25) is 0 Å². The zero-order valence-electron chi connectivity index (χ0n) is 12.3. The summed E-state index contributed by atoms with van der Waals surface area (Å²) in [6, 6.07) is 12.3. The summed E-state index contributed by atoms with van der Waals surface area (Å²) < 4.78 is 19.1. The van der Waals surface area contributed by atoms with E-state index in [0.717, 1.165) is 16.9 Å². The fourth-order valence-corrected chi connectivity index (χ4v) is 2.10. The Morgan fingerprint density at radius 1 is 1.10 bits per heavy atom. The standard InChI is InChI=1S/C17H20FNO2/c1-12-6-5-7-13(2)17(12)21-11-14(20)10-19-16-9-4-3-8-15(16)18/h3-9,14,19-20H,10-11H2,1-2H3. The molecule has 0 aliphatic heterocycles. The number of hydrogen-bond donors (Lipinski definition) is 2. The molecule has 4 heteroatoms. The molecule has 0 fully saturated rings. The van der Waals surface area contributed by atoms with E-state index >= 15 is 0 Å². The second-order valence-corrected chi connectivity index (χ2v) is 5.05. The Kier molecular flexibility index (Phi) is 5.17. The van der Waals surface area contributed by atoms with Crippen LogP contribution in [0.1, 0.15) is 11.1 Å². The van der Waals surface area contributed by atoms with E-state index in [4.69, 9.17) is 4.74 Å². The number of anilines is 1. The first-order chi connectivity index (χ1) is 10.1. The van der Waals surface area contributed by atoms with Crippen LogP contribution >= 0.6 is 0 Å². The second kappa shape index (κ2) is 7.09. The molecule has 0 aliphatic rings. The minimum atomic E-state index is -0.719. The number of hydrogen-bond acceptors (Lipinski definition) is 3. The molecule has 2 rings (SSSR count). The zero-order chi connectivity index (χ0) is 15.2. The van der Waals surface area contributed by atoms with Crippen LogP contribution in [-0.2, 0) is 0 Å². The van der Waals surface area contributed by atoms with Crippen LogP contribution in [0.15, 0.2) is 42.5 Å². The van der Waals surface area contributed by atoms with Crippen LogP contribution in [-0.4, -0.2) is 24.4 Å². The van der Waals surface area contributed by atoms with Crippen molar-refractivity contribution in [2.75, 3.05) is 18.5 Å². The predicted octanol–water partition coefficient (Wildman–Crippen LogP) is 3.29. The first-order valence-electron chi connectivity index (χ1n) is 6.93. The lowest BCUT2D eigenvalue weighted by atomic mass is 10.1. The Labute approximate surface area is 124 Å². The van der Waals surface area contributed by atoms with E-state index in [9.17, 15) is 9.50 Å². The van der Waals surface area contributed by atoms with Gasteiger partial charge in [0.05, 0.1) is 5.69 Å². The van der Waals surface area contributed by atoms with Crippen LogP contribution in [0.4, 0.5) is 10.1 Å². The lowest BCUT2D eigenvalue weighted by Gasteiger charge is -2.16. The topological polar surface area (TPSA) is 41.5 Å². The van der Waals surface area contributed by atoms with Gasteiger partial charge < -0.3 is 15.2 Å². The zero-order valence-corrected chi connectivity index (χ0v) is 12.3. The normalized spacial score (nSPS) is 12.0. The maximum Gasteiger partial charge on any atom is 0.146 e. The highest BCUT2D eigenvalue weighted by Gasteiger charge is 2.09. The Morgan fingerprint density at radius 2 is 1.76 bits per heavy atom. The molecule has 0 aromatic heterocycles. The molecule has 0 saturated heterocycles. The van der Waals surface area contributed by atoms with Crippen molar-refractivity contribution in [1.82, 2.24) is 0 Å². The molecule has 112 valence electrons. The summed E-state index contributed by atoms with van der Waals surface area (Å²) in [7, 11) is 0. The highest BCUT2D eigenvalue weighted by molar-refractivity contribution is 5.44. The van der Waals surface area contributed by atoms with Gasteiger partial charge in [0.2, 0.25) is 0 Å². The maximum absolute atomic E-state index is 13.4. The van der Waals surface area contributed by atoms with Crippen LogP contribution in [0, 0.1) is 19.7 Å². The van der Waals surface area contributed by atoms with Crippen molar-refractivity contribution in [3.05, 3.63) is 59.4 Å². The molecule has 2 N–H and O–H groups in total. The summed E-state index contributed by atoms with van der Waals surface area (Å²) in [6.45, 7) is 4.32. The summed E-state index contributed by atoms with van der Waals surface area (Å²) in [5.41, 5.74) is 2.44. The lowest BCUT2D eigenvalue weighted by Crippen LogP contribution is -2.26. The fraction of sp³-hybridized carbons (Fsp3) is 0.294. The van der Waals surface area contributed by atoms with Gasteiger partial charge in [0.15, 0.2) is 0 Å². The molecule has 2 aromatic carbocycles. The first-order valence-corrected chi connectivity index (χ1v) is 6.93. The molecule has 3 nitrogen and oxygen atoms in total. The highest BCUT2D eigenvalue weighted by atomic mass is 19.1. The predicted molar refractivity (Wildman–Crippen MR) is 82.3 cm³/mol. The molecule has 1 atom stereocenters. The van der Waals surface area contributed by atoms with Gasteiger partial charge in [-0.3, -0.25) is 0 Å². The van der Waals surface area contributed by atoms with Gasteiger partial charge in [0.25, 0.3) is 0 Å². The van der Waals surface area contributed by atoms with E-state index in [0.29, 0.717) is 5.69 Å². The molecular weight excluding hydrogens is 269 g/mol. The van der Waals surface area contributed by atoms with Gasteiger partial charge >= 0.3 is 0 Å². The van der Waals surface area contributed by atoms with Crippen molar-refractivity contribution in [2.24, 2.45) is 0 Å². The van der Waals surface area contributed by atoms with Crippen molar-refractivity contribution in [2.45, 2.75) is 20.0 Å². The van der Waals surface area contributed by atoms with Gasteiger partial charge in [-0.25, -0.2) is 4.39 Å². The quantitative estimate of drug-likeness (QED) is 0.857. The summed E-state index contributed by atoms with van der Waals surface area (Å²) in [6.07, 6.45) is -0.719. The number of ether oxygens (including phenoxy) is 1. The largest absolute Gasteiger partial charge is 0.490 e. The summed E-state index contributed by atoms with van der Waals surface area (Å²) in [4.78, 5) is 0. The fourth-order valence-electron chi connectivity index (χ4n) is 2.10. The molecule has 21 heavy (non-hydrogen) atoms. The van der Waals surface area contributed by atoms with Gasteiger partial charge in [-0.15, -0.1) is 0 Å². The number of aliphatic hydroxyl groups excluding tert-OH is 1. The third-order valence-corrected chi connectivity index (χ3v) is 3.23. The molecule has 0 aliphatic carbocycles. The molecule has 0 heterocycles. The van der Waals surface area contributed by atoms with Crippen LogP contribution in [0.25, 0.3) is 0 Å². The summed E-state index contributed by atoms with van der Waals surface area (Å²) in [5, 5.41) is 12.8. The minimum absolute atomic E-state index is 0.160. The van der Waals surface area contributed by atoms with Gasteiger partial charge in [-0.1, -0.05) is 30.3 Å².